The van der Waals surface area contributed by atoms with Crippen LogP contribution in [0, 0.1) is 11.8 Å². The van der Waals surface area contributed by atoms with Crippen molar-refractivity contribution in [2.24, 2.45) is 11.8 Å². The Balaban J connectivity index is 1.94. The summed E-state index contributed by atoms with van der Waals surface area (Å²) >= 11 is 0. The van der Waals surface area contributed by atoms with Crippen LogP contribution in [-0.2, 0) is 4.74 Å². The van der Waals surface area contributed by atoms with Crippen LogP contribution in [0.1, 0.15) is 13.3 Å². The van der Waals surface area contributed by atoms with Gasteiger partial charge in [0.25, 0.3) is 0 Å². The van der Waals surface area contributed by atoms with Crippen LogP contribution in [0.25, 0.3) is 0 Å². The summed E-state index contributed by atoms with van der Waals surface area (Å²) < 4.78 is 5.47. The number of ether oxygens (including phenoxy) is 1. The molecule has 0 spiro atoms. The lowest BCUT2D eigenvalue weighted by Gasteiger charge is -2.11. The van der Waals surface area contributed by atoms with Crippen molar-refractivity contribution in [1.82, 2.24) is 5.32 Å². The number of aliphatic hydroxyl groups is 1. The van der Waals surface area contributed by atoms with Gasteiger partial charge in [-0.3, -0.25) is 0 Å². The summed E-state index contributed by atoms with van der Waals surface area (Å²) in [6, 6.07) is 0. The Morgan fingerprint density at radius 2 is 2.50 bits per heavy atom. The highest BCUT2D eigenvalue weighted by molar-refractivity contribution is 4.70. The Bertz CT molecular complexity index is 113. The zero-order valence-corrected chi connectivity index (χ0v) is 7.75. The maximum Gasteiger partial charge on any atom is 0.0513 e. The monoisotopic (exact) mass is 173 g/mol. The van der Waals surface area contributed by atoms with Gasteiger partial charge >= 0.3 is 0 Å². The normalized spacial score (nSPS) is 26.0. The van der Waals surface area contributed by atoms with E-state index in [0.29, 0.717) is 12.5 Å². The molecule has 2 unspecified atom stereocenters. The van der Waals surface area contributed by atoms with E-state index in [2.05, 4.69) is 5.32 Å². The number of hydrogen-bond acceptors (Lipinski definition) is 3. The molecule has 2 N–H and O–H groups in total. The first-order chi connectivity index (χ1) is 5.83. The third-order valence-corrected chi connectivity index (χ3v) is 2.23. The maximum atomic E-state index is 8.73. The van der Waals surface area contributed by atoms with E-state index in [1.807, 2.05) is 6.92 Å². The number of hydrogen-bond donors (Lipinski definition) is 2. The van der Waals surface area contributed by atoms with E-state index in [1.54, 1.807) is 0 Å². The summed E-state index contributed by atoms with van der Waals surface area (Å²) in [6.45, 7) is 5.97. The Hall–Kier alpha value is -0.120. The fraction of sp³-hybridized carbons (Fsp3) is 1.00. The van der Waals surface area contributed by atoms with Crippen LogP contribution in [0.2, 0.25) is 0 Å². The molecule has 0 aliphatic carbocycles. The molecule has 1 fully saturated rings. The van der Waals surface area contributed by atoms with E-state index < -0.39 is 0 Å². The summed E-state index contributed by atoms with van der Waals surface area (Å²) in [5.41, 5.74) is 0. The van der Waals surface area contributed by atoms with Gasteiger partial charge < -0.3 is 15.2 Å². The molecule has 1 saturated heterocycles. The highest BCUT2D eigenvalue weighted by atomic mass is 16.5. The Morgan fingerprint density at radius 1 is 1.67 bits per heavy atom. The fourth-order valence-corrected chi connectivity index (χ4v) is 1.35. The molecule has 3 nitrogen and oxygen atoms in total. The summed E-state index contributed by atoms with van der Waals surface area (Å²) in [5, 5.41) is 12.0. The molecule has 0 bridgehead atoms. The maximum absolute atomic E-state index is 8.73. The zero-order valence-electron chi connectivity index (χ0n) is 7.75. The minimum atomic E-state index is 0.225. The second-order valence-electron chi connectivity index (χ2n) is 3.68. The molecule has 2 atom stereocenters. The van der Waals surface area contributed by atoms with Gasteiger partial charge in [0, 0.05) is 19.1 Å². The Kier molecular flexibility index (Phi) is 4.58. The van der Waals surface area contributed by atoms with Crippen LogP contribution >= 0.6 is 0 Å². The van der Waals surface area contributed by atoms with Crippen LogP contribution < -0.4 is 5.32 Å². The van der Waals surface area contributed by atoms with Gasteiger partial charge in [0.05, 0.1) is 13.2 Å². The van der Waals surface area contributed by atoms with E-state index in [9.17, 15) is 0 Å². The molecule has 0 aromatic rings. The zero-order chi connectivity index (χ0) is 8.81. The van der Waals surface area contributed by atoms with Gasteiger partial charge in [-0.1, -0.05) is 6.92 Å². The number of rotatable bonds is 5. The van der Waals surface area contributed by atoms with Crippen molar-refractivity contribution in [3.8, 4) is 0 Å². The Labute approximate surface area is 74.1 Å². The lowest BCUT2D eigenvalue weighted by Crippen LogP contribution is -2.17. The van der Waals surface area contributed by atoms with Crippen molar-refractivity contribution in [2.45, 2.75) is 13.3 Å². The smallest absolute Gasteiger partial charge is 0.0513 e. The lowest BCUT2D eigenvalue weighted by atomic mass is 10.1. The standard InChI is InChI=1S/C9H19NO2/c1-8(5-11)6-12-7-9-2-3-10-4-9/h8-11H,2-7H2,1H3. The van der Waals surface area contributed by atoms with Gasteiger partial charge in [0.15, 0.2) is 0 Å². The molecule has 1 heterocycles. The molecule has 0 aromatic carbocycles. The first kappa shape index (κ1) is 9.96. The van der Waals surface area contributed by atoms with Crippen LogP contribution in [-0.4, -0.2) is 38.0 Å². The van der Waals surface area contributed by atoms with Gasteiger partial charge in [-0.05, 0) is 18.9 Å². The predicted molar refractivity (Wildman–Crippen MR) is 48.0 cm³/mol. The Morgan fingerprint density at radius 3 is 3.08 bits per heavy atom. The highest BCUT2D eigenvalue weighted by Crippen LogP contribution is 2.08. The molecule has 0 saturated carbocycles. The van der Waals surface area contributed by atoms with Crippen LogP contribution in [0.5, 0.6) is 0 Å². The van der Waals surface area contributed by atoms with Gasteiger partial charge in [-0.15, -0.1) is 0 Å². The van der Waals surface area contributed by atoms with E-state index in [1.165, 1.54) is 6.42 Å². The minimum absolute atomic E-state index is 0.225. The van der Waals surface area contributed by atoms with Crippen molar-refractivity contribution < 1.29 is 9.84 Å². The predicted octanol–water partition coefficient (Wildman–Crippen LogP) is 0.241. The molecule has 0 amide bonds. The van der Waals surface area contributed by atoms with E-state index in [0.717, 1.165) is 19.7 Å². The average Bonchev–Trinajstić information content (AvgIpc) is 2.57. The van der Waals surface area contributed by atoms with Crippen molar-refractivity contribution in [2.75, 3.05) is 32.9 Å². The van der Waals surface area contributed by atoms with Gasteiger partial charge in [0.1, 0.15) is 0 Å². The van der Waals surface area contributed by atoms with Crippen LogP contribution in [0.3, 0.4) is 0 Å². The molecular weight excluding hydrogens is 154 g/mol. The fourth-order valence-electron chi connectivity index (χ4n) is 1.35. The summed E-state index contributed by atoms with van der Waals surface area (Å²) in [4.78, 5) is 0. The van der Waals surface area contributed by atoms with E-state index >= 15 is 0 Å². The molecule has 1 aliphatic rings. The SMILES string of the molecule is CC(CO)COCC1CCNC1. The molecular formula is C9H19NO2. The summed E-state index contributed by atoms with van der Waals surface area (Å²) in [6.07, 6.45) is 1.23. The number of nitrogens with one attached hydrogen (secondary N) is 1. The van der Waals surface area contributed by atoms with E-state index in [-0.39, 0.29) is 12.5 Å². The van der Waals surface area contributed by atoms with Crippen molar-refractivity contribution >= 4 is 0 Å². The number of aliphatic hydroxyl groups excluding tert-OH is 1. The molecule has 12 heavy (non-hydrogen) atoms. The second-order valence-corrected chi connectivity index (χ2v) is 3.68. The molecule has 1 rings (SSSR count). The molecule has 3 heteroatoms. The average molecular weight is 173 g/mol. The summed E-state index contributed by atoms with van der Waals surface area (Å²) in [5.74, 6) is 0.968. The quantitative estimate of drug-likeness (QED) is 0.626. The molecule has 72 valence electrons. The van der Waals surface area contributed by atoms with Crippen LogP contribution in [0.4, 0.5) is 0 Å². The largest absolute Gasteiger partial charge is 0.396 e. The molecule has 0 aromatic heterocycles. The van der Waals surface area contributed by atoms with Gasteiger partial charge in [0.2, 0.25) is 0 Å². The second kappa shape index (κ2) is 5.51. The highest BCUT2D eigenvalue weighted by Gasteiger charge is 2.14. The van der Waals surface area contributed by atoms with Gasteiger partial charge in [-0.2, -0.15) is 0 Å². The molecule has 1 aliphatic heterocycles. The first-order valence-corrected chi connectivity index (χ1v) is 4.72. The first-order valence-electron chi connectivity index (χ1n) is 4.72. The van der Waals surface area contributed by atoms with Crippen molar-refractivity contribution in [3.63, 3.8) is 0 Å². The summed E-state index contributed by atoms with van der Waals surface area (Å²) in [7, 11) is 0. The van der Waals surface area contributed by atoms with Gasteiger partial charge in [-0.25, -0.2) is 0 Å². The molecule has 0 radical (unpaired) electrons. The third-order valence-electron chi connectivity index (χ3n) is 2.23. The van der Waals surface area contributed by atoms with Crippen molar-refractivity contribution in [1.29, 1.82) is 0 Å². The third kappa shape index (κ3) is 3.52. The van der Waals surface area contributed by atoms with Crippen LogP contribution in [0.15, 0.2) is 0 Å². The topological polar surface area (TPSA) is 41.5 Å². The lowest BCUT2D eigenvalue weighted by molar-refractivity contribution is 0.0611. The minimum Gasteiger partial charge on any atom is -0.396 e. The van der Waals surface area contributed by atoms with Crippen molar-refractivity contribution in [3.05, 3.63) is 0 Å². The van der Waals surface area contributed by atoms with E-state index in [4.69, 9.17) is 9.84 Å².